The SMILES string of the molecule is COc1ccc(N2C(=O)C(=O)/C(=C(\O)c3ccc(C)c(C)c3)C2c2cccnc2)cc1. The second-order valence-electron chi connectivity index (χ2n) is 7.45. The quantitative estimate of drug-likeness (QED) is 0.390. The standard InChI is InChI=1S/C25H22N2O4/c1-15-6-7-17(13-16(15)2)23(28)21-22(18-5-4-12-26-14-18)27(25(30)24(21)29)19-8-10-20(31-3)11-9-19/h4-14,22,28H,1-3H3/b23-21-. The predicted octanol–water partition coefficient (Wildman–Crippen LogP) is 4.33. The van der Waals surface area contributed by atoms with Crippen LogP contribution in [0.3, 0.4) is 0 Å². The van der Waals surface area contributed by atoms with E-state index in [2.05, 4.69) is 4.98 Å². The Kier molecular flexibility index (Phi) is 5.29. The van der Waals surface area contributed by atoms with Crippen LogP contribution in [0, 0.1) is 13.8 Å². The lowest BCUT2D eigenvalue weighted by Gasteiger charge is -2.25. The predicted molar refractivity (Wildman–Crippen MR) is 118 cm³/mol. The van der Waals surface area contributed by atoms with Crippen molar-refractivity contribution in [3.05, 3.63) is 94.8 Å². The molecule has 1 amide bonds. The molecule has 6 heteroatoms. The van der Waals surface area contributed by atoms with E-state index >= 15 is 0 Å². The molecule has 1 atom stereocenters. The molecule has 156 valence electrons. The van der Waals surface area contributed by atoms with Crippen LogP contribution in [0.5, 0.6) is 5.75 Å². The van der Waals surface area contributed by atoms with Crippen molar-refractivity contribution in [2.45, 2.75) is 19.9 Å². The normalized spacial score (nSPS) is 17.8. The molecule has 0 radical (unpaired) electrons. The van der Waals surface area contributed by atoms with Crippen molar-refractivity contribution < 1.29 is 19.4 Å². The average molecular weight is 414 g/mol. The Balaban J connectivity index is 1.92. The number of carbonyl (C=O) groups excluding carboxylic acids is 2. The summed E-state index contributed by atoms with van der Waals surface area (Å²) in [6, 6.07) is 15.0. The van der Waals surface area contributed by atoms with Crippen LogP contribution in [0.25, 0.3) is 5.76 Å². The van der Waals surface area contributed by atoms with Gasteiger partial charge in [-0.15, -0.1) is 0 Å². The minimum atomic E-state index is -0.802. The summed E-state index contributed by atoms with van der Waals surface area (Å²) in [6.07, 6.45) is 3.22. The third-order valence-corrected chi connectivity index (χ3v) is 5.58. The molecule has 3 aromatic rings. The number of anilines is 1. The second kappa shape index (κ2) is 8.07. The van der Waals surface area contributed by atoms with Gasteiger partial charge in [-0.3, -0.25) is 19.5 Å². The number of rotatable bonds is 4. The molecule has 0 spiro atoms. The highest BCUT2D eigenvalue weighted by atomic mass is 16.5. The maximum Gasteiger partial charge on any atom is 0.300 e. The van der Waals surface area contributed by atoms with Gasteiger partial charge in [0.25, 0.3) is 11.7 Å². The number of ketones is 1. The van der Waals surface area contributed by atoms with Crippen molar-refractivity contribution in [3.8, 4) is 5.75 Å². The highest BCUT2D eigenvalue weighted by Crippen LogP contribution is 2.42. The number of aryl methyl sites for hydroxylation is 2. The number of pyridine rings is 1. The first-order valence-electron chi connectivity index (χ1n) is 9.85. The van der Waals surface area contributed by atoms with Gasteiger partial charge in [-0.05, 0) is 66.9 Å². The minimum Gasteiger partial charge on any atom is -0.507 e. The van der Waals surface area contributed by atoms with Crippen LogP contribution in [0.2, 0.25) is 0 Å². The van der Waals surface area contributed by atoms with Gasteiger partial charge in [-0.2, -0.15) is 0 Å². The molecule has 1 aliphatic rings. The number of methoxy groups -OCH3 is 1. The van der Waals surface area contributed by atoms with E-state index in [1.807, 2.05) is 26.0 Å². The molecule has 0 bridgehead atoms. The molecule has 1 aliphatic heterocycles. The molecule has 4 rings (SSSR count). The van der Waals surface area contributed by atoms with Crippen molar-refractivity contribution in [2.24, 2.45) is 0 Å². The molecule has 0 saturated carbocycles. The van der Waals surface area contributed by atoms with E-state index in [0.717, 1.165) is 11.1 Å². The Bertz CT molecular complexity index is 1180. The summed E-state index contributed by atoms with van der Waals surface area (Å²) in [6.45, 7) is 3.90. The first kappa shape index (κ1) is 20.3. The van der Waals surface area contributed by atoms with Crippen molar-refractivity contribution in [2.75, 3.05) is 12.0 Å². The number of benzene rings is 2. The highest BCUT2D eigenvalue weighted by molar-refractivity contribution is 6.51. The summed E-state index contributed by atoms with van der Waals surface area (Å²) in [4.78, 5) is 31.7. The number of Topliss-reactive ketones (excluding diaryl/α,β-unsaturated/α-hetero) is 1. The lowest BCUT2D eigenvalue weighted by atomic mass is 9.95. The zero-order chi connectivity index (χ0) is 22.1. The van der Waals surface area contributed by atoms with Gasteiger partial charge >= 0.3 is 0 Å². The zero-order valence-electron chi connectivity index (χ0n) is 17.5. The molecule has 0 aliphatic carbocycles. The van der Waals surface area contributed by atoms with Gasteiger partial charge in [-0.25, -0.2) is 0 Å². The monoisotopic (exact) mass is 414 g/mol. The maximum absolute atomic E-state index is 13.1. The summed E-state index contributed by atoms with van der Waals surface area (Å²) < 4.78 is 5.20. The smallest absolute Gasteiger partial charge is 0.300 e. The van der Waals surface area contributed by atoms with Crippen LogP contribution in [-0.4, -0.2) is 28.9 Å². The van der Waals surface area contributed by atoms with Crippen LogP contribution in [0.4, 0.5) is 5.69 Å². The fourth-order valence-electron chi connectivity index (χ4n) is 3.74. The molecular formula is C25H22N2O4. The molecule has 1 saturated heterocycles. The Hall–Kier alpha value is -3.93. The molecule has 6 nitrogen and oxygen atoms in total. The fourth-order valence-corrected chi connectivity index (χ4v) is 3.74. The van der Waals surface area contributed by atoms with E-state index in [4.69, 9.17) is 4.74 Å². The summed E-state index contributed by atoms with van der Waals surface area (Å²) in [5, 5.41) is 11.1. The van der Waals surface area contributed by atoms with Crippen molar-refractivity contribution in [1.29, 1.82) is 0 Å². The van der Waals surface area contributed by atoms with E-state index < -0.39 is 17.7 Å². The zero-order valence-corrected chi connectivity index (χ0v) is 17.5. The number of carbonyl (C=O) groups is 2. The first-order valence-corrected chi connectivity index (χ1v) is 9.85. The molecule has 2 aromatic carbocycles. The summed E-state index contributed by atoms with van der Waals surface area (Å²) in [5.41, 5.74) is 3.73. The van der Waals surface area contributed by atoms with Gasteiger partial charge in [0.15, 0.2) is 0 Å². The second-order valence-corrected chi connectivity index (χ2v) is 7.45. The van der Waals surface area contributed by atoms with Gasteiger partial charge < -0.3 is 9.84 Å². The van der Waals surface area contributed by atoms with E-state index in [-0.39, 0.29) is 11.3 Å². The van der Waals surface area contributed by atoms with Gasteiger partial charge in [0.05, 0.1) is 18.7 Å². The molecule has 1 unspecified atom stereocenters. The van der Waals surface area contributed by atoms with E-state index in [1.165, 1.54) is 4.90 Å². The molecule has 31 heavy (non-hydrogen) atoms. The number of nitrogens with zero attached hydrogens (tertiary/aromatic N) is 2. The molecular weight excluding hydrogens is 392 g/mol. The van der Waals surface area contributed by atoms with Crippen LogP contribution in [0.15, 0.2) is 72.6 Å². The van der Waals surface area contributed by atoms with Crippen molar-refractivity contribution in [1.82, 2.24) is 4.98 Å². The maximum atomic E-state index is 13.1. The highest BCUT2D eigenvalue weighted by Gasteiger charge is 2.47. The van der Waals surface area contributed by atoms with Crippen molar-refractivity contribution >= 4 is 23.1 Å². The first-order chi connectivity index (χ1) is 14.9. The average Bonchev–Trinajstić information content (AvgIpc) is 3.06. The molecule has 1 N–H and O–H groups in total. The number of aliphatic hydroxyl groups excluding tert-OH is 1. The third kappa shape index (κ3) is 3.57. The van der Waals surface area contributed by atoms with Gasteiger partial charge in [0, 0.05) is 23.6 Å². The topological polar surface area (TPSA) is 79.7 Å². The van der Waals surface area contributed by atoms with Crippen LogP contribution >= 0.6 is 0 Å². The minimum absolute atomic E-state index is 0.0390. The number of ether oxygens (including phenoxy) is 1. The lowest BCUT2D eigenvalue weighted by molar-refractivity contribution is -0.132. The molecule has 1 fully saturated rings. The Labute approximate surface area is 180 Å². The summed E-state index contributed by atoms with van der Waals surface area (Å²) in [7, 11) is 1.56. The third-order valence-electron chi connectivity index (χ3n) is 5.58. The van der Waals surface area contributed by atoms with E-state index in [9.17, 15) is 14.7 Å². The molecule has 2 heterocycles. The van der Waals surface area contributed by atoms with Crippen LogP contribution < -0.4 is 9.64 Å². The van der Waals surface area contributed by atoms with E-state index in [1.54, 1.807) is 62.0 Å². The number of hydrogen-bond donors (Lipinski definition) is 1. The van der Waals surface area contributed by atoms with Gasteiger partial charge in [-0.1, -0.05) is 18.2 Å². The van der Waals surface area contributed by atoms with Gasteiger partial charge in [0.1, 0.15) is 11.5 Å². The summed E-state index contributed by atoms with van der Waals surface area (Å²) in [5.74, 6) is -1.01. The fraction of sp³-hybridized carbons (Fsp3) is 0.160. The largest absolute Gasteiger partial charge is 0.507 e. The van der Waals surface area contributed by atoms with Crippen LogP contribution in [-0.2, 0) is 9.59 Å². The lowest BCUT2D eigenvalue weighted by Crippen LogP contribution is -2.29. The number of amides is 1. The molecule has 1 aromatic heterocycles. The van der Waals surface area contributed by atoms with Gasteiger partial charge in [0.2, 0.25) is 0 Å². The van der Waals surface area contributed by atoms with Crippen LogP contribution in [0.1, 0.15) is 28.3 Å². The number of aliphatic hydroxyl groups is 1. The number of aromatic nitrogens is 1. The Morgan fingerprint density at radius 2 is 1.77 bits per heavy atom. The Morgan fingerprint density at radius 3 is 2.39 bits per heavy atom. The van der Waals surface area contributed by atoms with E-state index in [0.29, 0.717) is 22.6 Å². The summed E-state index contributed by atoms with van der Waals surface area (Å²) >= 11 is 0. The Morgan fingerprint density at radius 1 is 1.03 bits per heavy atom. The van der Waals surface area contributed by atoms with Crippen molar-refractivity contribution in [3.63, 3.8) is 0 Å². The number of hydrogen-bond acceptors (Lipinski definition) is 5.